The molecule has 3 rings (SSSR count). The summed E-state index contributed by atoms with van der Waals surface area (Å²) in [6, 6.07) is 11.1. The number of halogens is 1. The zero-order chi connectivity index (χ0) is 17.3. The lowest BCUT2D eigenvalue weighted by atomic mass is 10.1. The topological polar surface area (TPSA) is 96.4 Å². The van der Waals surface area contributed by atoms with Crippen LogP contribution in [0.25, 0.3) is 10.9 Å². The highest BCUT2D eigenvalue weighted by molar-refractivity contribution is 7.72. The smallest absolute Gasteiger partial charge is 0.337 e. The Kier molecular flexibility index (Phi) is 4.37. The van der Waals surface area contributed by atoms with Crippen LogP contribution in [-0.2, 0) is 10.7 Å². The number of aromatic nitrogens is 1. The molecule has 1 aromatic heterocycles. The first-order chi connectivity index (χ1) is 11.5. The third-order valence-electron chi connectivity index (χ3n) is 3.42. The Hall–Kier alpha value is -2.64. The maximum absolute atomic E-state index is 11.6. The number of anilines is 2. The molecule has 0 aliphatic carbocycles. The third kappa shape index (κ3) is 3.04. The van der Waals surface area contributed by atoms with Crippen LogP contribution >= 0.6 is 11.6 Å². The summed E-state index contributed by atoms with van der Waals surface area (Å²) in [6.07, 6.45) is 1.23. The highest BCUT2D eigenvalue weighted by atomic mass is 35.5. The molecule has 8 heteroatoms. The summed E-state index contributed by atoms with van der Waals surface area (Å²) in [4.78, 5) is 15.4. The van der Waals surface area contributed by atoms with Gasteiger partial charge < -0.3 is 10.4 Å². The monoisotopic (exact) mass is 362 g/mol. The van der Waals surface area contributed by atoms with E-state index in [2.05, 4.69) is 10.3 Å². The van der Waals surface area contributed by atoms with Gasteiger partial charge >= 0.3 is 5.97 Å². The van der Waals surface area contributed by atoms with Gasteiger partial charge in [-0.25, -0.2) is 13.2 Å². The van der Waals surface area contributed by atoms with Gasteiger partial charge in [0, 0.05) is 16.6 Å². The first-order valence-electron chi connectivity index (χ1n) is 6.79. The van der Waals surface area contributed by atoms with Gasteiger partial charge in [-0.2, -0.15) is 0 Å². The Morgan fingerprint density at radius 1 is 1.17 bits per heavy atom. The Bertz CT molecular complexity index is 1030. The largest absolute Gasteiger partial charge is 0.478 e. The van der Waals surface area contributed by atoms with E-state index in [0.717, 1.165) is 0 Å². The minimum Gasteiger partial charge on any atom is -0.478 e. The lowest BCUT2D eigenvalue weighted by Crippen LogP contribution is -2.04. The molecule has 0 aliphatic heterocycles. The molecule has 0 saturated heterocycles. The number of nitrogens with zero attached hydrogens (tertiary/aromatic N) is 1. The number of benzene rings is 2. The SMILES string of the molecule is O=C(O)c1ccccc1Nc1c([SH](=O)=O)cnc2ccc(Cl)cc12. The molecule has 2 N–H and O–H groups in total. The second-order valence-corrected chi connectivity index (χ2v) is 6.35. The van der Waals surface area contributed by atoms with Crippen LogP contribution in [-0.4, -0.2) is 24.5 Å². The van der Waals surface area contributed by atoms with Crippen molar-refractivity contribution in [1.82, 2.24) is 4.98 Å². The van der Waals surface area contributed by atoms with Gasteiger partial charge in [0.05, 0.1) is 22.5 Å². The number of thiol groups is 1. The molecule has 0 saturated carbocycles. The number of carboxylic acid groups (broad SMARTS) is 1. The number of hydrogen-bond donors (Lipinski definition) is 3. The maximum atomic E-state index is 11.6. The van der Waals surface area contributed by atoms with Crippen LogP contribution in [0.1, 0.15) is 10.4 Å². The average Bonchev–Trinajstić information content (AvgIpc) is 2.55. The molecule has 0 bridgehead atoms. The molecule has 1 heterocycles. The number of hydrogen-bond acceptors (Lipinski definition) is 5. The van der Waals surface area contributed by atoms with E-state index in [1.807, 2.05) is 0 Å². The maximum Gasteiger partial charge on any atom is 0.337 e. The summed E-state index contributed by atoms with van der Waals surface area (Å²) >= 11 is 6.01. The van der Waals surface area contributed by atoms with Crippen molar-refractivity contribution in [3.63, 3.8) is 0 Å². The number of aromatic carboxylic acids is 1. The Morgan fingerprint density at radius 2 is 1.92 bits per heavy atom. The van der Waals surface area contributed by atoms with Crippen molar-refractivity contribution >= 4 is 50.6 Å². The zero-order valence-electron chi connectivity index (χ0n) is 12.1. The molecule has 0 atom stereocenters. The molecule has 3 aromatic rings. The molecule has 6 nitrogen and oxygen atoms in total. The minimum atomic E-state index is -2.94. The van der Waals surface area contributed by atoms with Gasteiger partial charge in [-0.15, -0.1) is 0 Å². The van der Waals surface area contributed by atoms with Crippen molar-refractivity contribution < 1.29 is 18.3 Å². The molecular weight excluding hydrogens is 352 g/mol. The fraction of sp³-hybridized carbons (Fsp3) is 0. The van der Waals surface area contributed by atoms with Gasteiger partial charge in [0.1, 0.15) is 4.90 Å². The van der Waals surface area contributed by atoms with Crippen LogP contribution in [0, 0.1) is 0 Å². The van der Waals surface area contributed by atoms with E-state index in [-0.39, 0.29) is 21.8 Å². The van der Waals surface area contributed by atoms with Crippen molar-refractivity contribution in [1.29, 1.82) is 0 Å². The van der Waals surface area contributed by atoms with Crippen LogP contribution in [0.3, 0.4) is 0 Å². The van der Waals surface area contributed by atoms with Crippen LogP contribution in [0.5, 0.6) is 0 Å². The van der Waals surface area contributed by atoms with E-state index < -0.39 is 16.7 Å². The minimum absolute atomic E-state index is 0.0246. The zero-order valence-corrected chi connectivity index (χ0v) is 13.7. The summed E-state index contributed by atoms with van der Waals surface area (Å²) in [5.41, 5.74) is 1.08. The van der Waals surface area contributed by atoms with Crippen LogP contribution < -0.4 is 5.32 Å². The number of carboxylic acids is 1. The molecule has 0 radical (unpaired) electrons. The van der Waals surface area contributed by atoms with Crippen molar-refractivity contribution in [3.8, 4) is 0 Å². The highest BCUT2D eigenvalue weighted by Gasteiger charge is 2.15. The fourth-order valence-electron chi connectivity index (χ4n) is 2.34. The first kappa shape index (κ1) is 16.2. The third-order valence-corrected chi connectivity index (χ3v) is 4.39. The predicted octanol–water partition coefficient (Wildman–Crippen LogP) is 3.30. The molecule has 2 aromatic carbocycles. The highest BCUT2D eigenvalue weighted by Crippen LogP contribution is 2.32. The average molecular weight is 363 g/mol. The molecule has 0 fully saturated rings. The van der Waals surface area contributed by atoms with Crippen LogP contribution in [0.4, 0.5) is 11.4 Å². The van der Waals surface area contributed by atoms with Crippen LogP contribution in [0.2, 0.25) is 5.02 Å². The molecule has 122 valence electrons. The van der Waals surface area contributed by atoms with E-state index in [4.69, 9.17) is 11.6 Å². The van der Waals surface area contributed by atoms with Crippen molar-refractivity contribution in [2.45, 2.75) is 4.90 Å². The van der Waals surface area contributed by atoms with E-state index in [1.165, 1.54) is 12.3 Å². The molecule has 0 amide bonds. The van der Waals surface area contributed by atoms with Gasteiger partial charge in [-0.05, 0) is 30.3 Å². The number of carbonyl (C=O) groups is 1. The molecular formula is C16H11ClN2O4S. The second-order valence-electron chi connectivity index (χ2n) is 4.91. The Balaban J connectivity index is 2.26. The number of para-hydroxylation sites is 1. The van der Waals surface area contributed by atoms with Gasteiger partial charge in [0.25, 0.3) is 0 Å². The Morgan fingerprint density at radius 3 is 2.62 bits per heavy atom. The molecule has 0 spiro atoms. The van der Waals surface area contributed by atoms with Crippen molar-refractivity contribution in [2.24, 2.45) is 0 Å². The van der Waals surface area contributed by atoms with Gasteiger partial charge in [0.2, 0.25) is 0 Å². The van der Waals surface area contributed by atoms with E-state index in [1.54, 1.807) is 36.4 Å². The molecule has 0 unspecified atom stereocenters. The summed E-state index contributed by atoms with van der Waals surface area (Å²) < 4.78 is 23.1. The van der Waals surface area contributed by atoms with Crippen molar-refractivity contribution in [2.75, 3.05) is 5.32 Å². The van der Waals surface area contributed by atoms with Crippen molar-refractivity contribution in [3.05, 3.63) is 59.2 Å². The van der Waals surface area contributed by atoms with Gasteiger partial charge in [0.15, 0.2) is 10.7 Å². The fourth-order valence-corrected chi connectivity index (χ4v) is 3.02. The number of rotatable bonds is 4. The summed E-state index contributed by atoms with van der Waals surface area (Å²) in [7, 11) is -2.94. The predicted molar refractivity (Wildman–Crippen MR) is 92.0 cm³/mol. The number of pyridine rings is 1. The second kappa shape index (κ2) is 6.46. The first-order valence-corrected chi connectivity index (χ1v) is 8.35. The van der Waals surface area contributed by atoms with E-state index in [9.17, 15) is 18.3 Å². The summed E-state index contributed by atoms with van der Waals surface area (Å²) in [6.45, 7) is 0. The standard InChI is InChI=1S/C16H11ClN2O4S/c17-9-5-6-12-11(7-9)15(14(8-18-12)24(22)23)19-13-4-2-1-3-10(13)16(20)21/h1-8,24H,(H,18,19)(H,20,21). The lowest BCUT2D eigenvalue weighted by Gasteiger charge is -2.14. The van der Waals surface area contributed by atoms with Gasteiger partial charge in [-0.1, -0.05) is 23.7 Å². The lowest BCUT2D eigenvalue weighted by molar-refractivity contribution is 0.0698. The Labute approximate surface area is 143 Å². The molecule has 24 heavy (non-hydrogen) atoms. The summed E-state index contributed by atoms with van der Waals surface area (Å²) in [5.74, 6) is -1.12. The quantitative estimate of drug-likeness (QED) is 0.616. The number of fused-ring (bicyclic) bond motifs is 1. The normalized spacial score (nSPS) is 10.9. The molecule has 0 aliphatic rings. The van der Waals surface area contributed by atoms with E-state index in [0.29, 0.717) is 15.9 Å². The summed E-state index contributed by atoms with van der Waals surface area (Å²) in [5, 5.41) is 13.1. The van der Waals surface area contributed by atoms with Crippen LogP contribution in [0.15, 0.2) is 53.6 Å². The number of nitrogens with one attached hydrogen (secondary N) is 1. The van der Waals surface area contributed by atoms with E-state index >= 15 is 0 Å². The van der Waals surface area contributed by atoms with Gasteiger partial charge in [-0.3, -0.25) is 4.98 Å².